The van der Waals surface area contributed by atoms with Gasteiger partial charge in [-0.05, 0) is 110 Å². The molecule has 0 aromatic heterocycles. The highest BCUT2D eigenvalue weighted by molar-refractivity contribution is 6.32. The molecule has 12 rings (SSSR count). The second-order valence-electron chi connectivity index (χ2n) is 25.7. The highest BCUT2D eigenvalue weighted by Crippen LogP contribution is 2.50. The molecule has 0 radical (unpaired) electrons. The van der Waals surface area contributed by atoms with Gasteiger partial charge in [0.25, 0.3) is 0 Å². The highest BCUT2D eigenvalue weighted by atomic mass is 35.5. The van der Waals surface area contributed by atoms with Crippen molar-refractivity contribution in [1.29, 1.82) is 0 Å². The predicted molar refractivity (Wildman–Crippen MR) is 349 cm³/mol. The van der Waals surface area contributed by atoms with E-state index in [2.05, 4.69) is 37.2 Å². The number of primary amides is 1. The lowest BCUT2D eigenvalue weighted by molar-refractivity contribution is -0.277. The zero-order chi connectivity index (χ0) is 73.5. The molecule has 542 valence electrons. The highest BCUT2D eigenvalue weighted by Gasteiger charge is 2.49. The number of benzene rings is 5. The number of likely N-dealkylation sites (N-methyl/N-ethyl adjacent to an activating group) is 1. The van der Waals surface area contributed by atoms with Gasteiger partial charge in [0, 0.05) is 34.7 Å². The summed E-state index contributed by atoms with van der Waals surface area (Å²) in [6, 6.07) is -0.386. The van der Waals surface area contributed by atoms with Crippen LogP contribution in [-0.2, 0) is 52.6 Å². The van der Waals surface area contributed by atoms with Gasteiger partial charge in [0.2, 0.25) is 53.4 Å². The average Bonchev–Trinajstić information content (AvgIpc) is 0.770. The second-order valence-corrected chi connectivity index (χ2v) is 26.5. The zero-order valence-electron chi connectivity index (χ0n) is 54.3. The first-order chi connectivity index (χ1) is 47.7. The number of phenols is 3. The number of amides is 7. The van der Waals surface area contributed by atoms with Crippen molar-refractivity contribution in [2.75, 3.05) is 13.7 Å². The molecule has 101 heavy (non-hydrogen) atoms. The predicted octanol–water partition coefficient (Wildman–Crippen LogP) is 0.106. The standard InChI is InChI=1S/C66H75Cl2N9O24/c1-23(2)12-34(71-5)58(88)76-49-51(83)26-7-10-38(32(67)14-26)97-40-16-28-17-41(56(40)101-65-54(86)53(85)52(84)42(22-78)99-65)98-39-11-8-27(15-33(39)68)55(100-44-21-66(4,70)57(87)24(3)96-44)50-63(93)75-48(64(94)95)31-18-29(79)19-37(81)45(31)30-13-25(6-9-36(30)80)46(60(90)77-50)74-61(91)47(28)73-59(89)35(20-43(69)82)72-62(49)92/h6-11,13-19,23-24,34-35,42,44,46-55,57,65,71,78-81,83-87H,12,20-22,70H2,1-5H3,(H2,69,82)(H,72,92)(H,73,89)(H,74,91)(H,75,93)(H,76,88)(H,77,90)(H,94,95)/t24?,34-,35+,42?,44?,46-,47-,48+,49-,50+,51-,52?,53?,54?,55-,57?,65?,66?/m1/s1. The van der Waals surface area contributed by atoms with Gasteiger partial charge in [-0.15, -0.1) is 0 Å². The lowest BCUT2D eigenvalue weighted by Gasteiger charge is -2.44. The molecule has 7 amide bonds. The number of phenolic OH excluding ortho intramolecular Hbond substituents is 3. The van der Waals surface area contributed by atoms with Crippen LogP contribution in [0.15, 0.2) is 78.9 Å². The number of aliphatic carboxylic acids is 1. The Morgan fingerprint density at radius 3 is 1.93 bits per heavy atom. The first-order valence-corrected chi connectivity index (χ1v) is 32.4. The first-order valence-electron chi connectivity index (χ1n) is 31.6. The number of rotatable bonds is 13. The van der Waals surface area contributed by atoms with Crippen LogP contribution in [0, 0.1) is 5.92 Å². The van der Waals surface area contributed by atoms with E-state index in [1.165, 1.54) is 45.2 Å². The smallest absolute Gasteiger partial charge is 0.330 e. The molecule has 5 aromatic carbocycles. The molecule has 7 heterocycles. The van der Waals surface area contributed by atoms with Crippen LogP contribution in [0.1, 0.15) is 105 Å². The molecule has 7 aliphatic rings. The van der Waals surface area contributed by atoms with E-state index in [1.807, 2.05) is 13.8 Å². The summed E-state index contributed by atoms with van der Waals surface area (Å²) in [7, 11) is 1.47. The van der Waals surface area contributed by atoms with E-state index in [0.29, 0.717) is 0 Å². The third-order valence-corrected chi connectivity index (χ3v) is 18.4. The molecule has 11 bridgehead atoms. The molecule has 5 aromatic rings. The number of aliphatic hydroxyl groups is 6. The number of aliphatic hydroxyl groups excluding tert-OH is 6. The number of hydrogen-bond donors (Lipinski definition) is 19. The van der Waals surface area contributed by atoms with Gasteiger partial charge in [-0.25, -0.2) is 4.79 Å². The van der Waals surface area contributed by atoms with Crippen LogP contribution in [0.3, 0.4) is 0 Å². The number of fused-ring (bicyclic) bond motifs is 15. The van der Waals surface area contributed by atoms with E-state index < -0.39 is 231 Å². The lowest BCUT2D eigenvalue weighted by atomic mass is 9.86. The van der Waals surface area contributed by atoms with E-state index >= 15 is 19.2 Å². The van der Waals surface area contributed by atoms with Crippen LogP contribution in [0.4, 0.5) is 0 Å². The van der Waals surface area contributed by atoms with Crippen molar-refractivity contribution in [3.8, 4) is 57.1 Å². The van der Waals surface area contributed by atoms with Gasteiger partial charge in [-0.3, -0.25) is 33.6 Å². The van der Waals surface area contributed by atoms with Crippen molar-refractivity contribution in [3.05, 3.63) is 117 Å². The van der Waals surface area contributed by atoms with Crippen molar-refractivity contribution < 1.29 is 118 Å². The Morgan fingerprint density at radius 1 is 0.713 bits per heavy atom. The van der Waals surface area contributed by atoms with Gasteiger partial charge in [0.1, 0.15) is 95.6 Å². The topological polar surface area (TPSA) is 530 Å². The molecular formula is C66H75Cl2N9O24. The van der Waals surface area contributed by atoms with Crippen molar-refractivity contribution >= 4 is 70.5 Å². The number of carbonyl (C=O) groups excluding carboxylic acids is 7. The lowest BCUT2D eigenvalue weighted by Crippen LogP contribution is -2.61. The van der Waals surface area contributed by atoms with Gasteiger partial charge in [-0.2, -0.15) is 0 Å². The summed E-state index contributed by atoms with van der Waals surface area (Å²) in [6.45, 7) is 5.60. The monoisotopic (exact) mass is 1450 g/mol. The number of carbonyl (C=O) groups is 8. The maximum absolute atomic E-state index is 16.1. The fourth-order valence-electron chi connectivity index (χ4n) is 12.5. The van der Waals surface area contributed by atoms with Crippen molar-refractivity contribution in [3.63, 3.8) is 0 Å². The molecule has 0 spiro atoms. The Hall–Kier alpha value is -9.20. The number of ether oxygens (including phenoxy) is 6. The Balaban J connectivity index is 1.26. The third-order valence-electron chi connectivity index (χ3n) is 17.8. The second kappa shape index (κ2) is 30.2. The minimum Gasteiger partial charge on any atom is -0.508 e. The van der Waals surface area contributed by atoms with Crippen LogP contribution in [-0.4, -0.2) is 191 Å². The van der Waals surface area contributed by atoms with Crippen molar-refractivity contribution in [2.24, 2.45) is 17.4 Å². The number of nitrogens with one attached hydrogen (secondary N) is 7. The number of carboxylic acids is 1. The van der Waals surface area contributed by atoms with E-state index in [4.69, 9.17) is 63.1 Å². The van der Waals surface area contributed by atoms with E-state index in [0.717, 1.165) is 54.6 Å². The Morgan fingerprint density at radius 2 is 1.33 bits per heavy atom. The molecular weight excluding hydrogens is 1370 g/mol. The van der Waals surface area contributed by atoms with Crippen LogP contribution in [0.5, 0.6) is 46.0 Å². The van der Waals surface area contributed by atoms with Crippen LogP contribution in [0.2, 0.25) is 10.0 Å². The number of halogens is 2. The summed E-state index contributed by atoms with van der Waals surface area (Å²) in [5.74, 6) is -16.0. The van der Waals surface area contributed by atoms with Gasteiger partial charge < -0.3 is 128 Å². The molecule has 0 saturated carbocycles. The van der Waals surface area contributed by atoms with Crippen LogP contribution < -0.4 is 62.9 Å². The molecule has 21 N–H and O–H groups in total. The van der Waals surface area contributed by atoms with Gasteiger partial charge in [-0.1, -0.05) is 55.2 Å². The van der Waals surface area contributed by atoms with Crippen LogP contribution >= 0.6 is 23.2 Å². The number of hydrogen-bond acceptors (Lipinski definition) is 25. The summed E-state index contributed by atoms with van der Waals surface area (Å²) in [4.78, 5) is 118. The quantitative estimate of drug-likeness (QED) is 0.0743. The summed E-state index contributed by atoms with van der Waals surface area (Å²) < 4.78 is 38.0. The normalized spacial score (nSPS) is 29.4. The molecule has 0 aliphatic carbocycles. The first kappa shape index (κ1) is 74.5. The summed E-state index contributed by atoms with van der Waals surface area (Å²) >= 11 is 14.2. The zero-order valence-corrected chi connectivity index (χ0v) is 55.8. The number of carboxylic acid groups (broad SMARTS) is 1. The fraction of sp³-hybridized carbons (Fsp3) is 0.424. The van der Waals surface area contributed by atoms with Gasteiger partial charge in [0.15, 0.2) is 23.8 Å². The maximum atomic E-state index is 16.1. The van der Waals surface area contributed by atoms with E-state index in [1.54, 1.807) is 0 Å². The Kier molecular flexibility index (Phi) is 22.2. The fourth-order valence-corrected chi connectivity index (χ4v) is 12.9. The van der Waals surface area contributed by atoms with Crippen molar-refractivity contribution in [2.45, 2.75) is 156 Å². The summed E-state index contributed by atoms with van der Waals surface area (Å²) in [5.41, 5.74) is 8.15. The van der Waals surface area contributed by atoms with Gasteiger partial charge in [0.05, 0.1) is 41.3 Å². The average molecular weight is 1450 g/mol. The maximum Gasteiger partial charge on any atom is 0.330 e. The van der Waals surface area contributed by atoms with Crippen molar-refractivity contribution in [1.82, 2.24) is 37.2 Å². The molecule has 7 aliphatic heterocycles. The summed E-state index contributed by atoms with van der Waals surface area (Å²) in [5, 5.41) is 129. The molecule has 9 unspecified atom stereocenters. The van der Waals surface area contributed by atoms with E-state index in [-0.39, 0.29) is 52.0 Å². The van der Waals surface area contributed by atoms with E-state index in [9.17, 15) is 70.2 Å². The van der Waals surface area contributed by atoms with Gasteiger partial charge >= 0.3 is 5.97 Å². The minimum absolute atomic E-state index is 0.0953. The largest absolute Gasteiger partial charge is 0.508 e. The molecule has 35 heteroatoms. The number of aromatic hydroxyl groups is 3. The Bertz CT molecular complexity index is 4070. The minimum atomic E-state index is -2.35. The SMILES string of the molecule is CN[C@H](CC(C)C)C(=O)N[C@H]1C(=O)N[C@@H](CC(N)=O)C(=O)N[C@H]2C(=O)N[C@H]3C(=O)N[C@H](C(=O)N[C@H](C(=O)O)c4cc(O)cc(O)c4-c4cc3ccc4O)[C@H](OC3CC(C)(N)C(O)C(C)O3)c3ccc(c(Cl)c3)Oc3cc2cc(c3OC2OC(CO)C(O)C(O)C2O)Oc2ccc(cc2Cl)[C@H]1O. The molecule has 2 saturated heterocycles. The number of nitrogens with two attached hydrogens (primary N) is 2. The Labute approximate surface area is 584 Å². The molecule has 18 atom stereocenters. The summed E-state index contributed by atoms with van der Waals surface area (Å²) in [6.07, 6.45) is -19.0. The van der Waals surface area contributed by atoms with Crippen LogP contribution in [0.25, 0.3) is 11.1 Å². The molecule has 2 fully saturated rings. The molecule has 33 nitrogen and oxygen atoms in total. The third kappa shape index (κ3) is 15.8.